The maximum absolute atomic E-state index is 12.3. The van der Waals surface area contributed by atoms with Crippen molar-refractivity contribution < 1.29 is 9.53 Å². The predicted octanol–water partition coefficient (Wildman–Crippen LogP) is 2.88. The summed E-state index contributed by atoms with van der Waals surface area (Å²) in [5.74, 6) is -0.415. The van der Waals surface area contributed by atoms with Gasteiger partial charge in [0.25, 0.3) is 0 Å². The third-order valence-corrected chi connectivity index (χ3v) is 3.13. The molecule has 3 rings (SSSR count). The van der Waals surface area contributed by atoms with Crippen LogP contribution in [-0.4, -0.2) is 27.2 Å². The summed E-state index contributed by atoms with van der Waals surface area (Å²) in [5.41, 5.74) is 3.25. The van der Waals surface area contributed by atoms with Crippen molar-refractivity contribution in [2.45, 2.75) is 13.8 Å². The number of aryl methyl sites for hydroxylation is 1. The molecule has 0 amide bonds. The van der Waals surface area contributed by atoms with Gasteiger partial charge >= 0.3 is 5.97 Å². The molecule has 1 aromatic carbocycles. The Morgan fingerprint density at radius 3 is 2.67 bits per heavy atom. The third-order valence-electron chi connectivity index (χ3n) is 3.13. The lowest BCUT2D eigenvalue weighted by Gasteiger charge is -2.04. The SMILES string of the molecule is CCOC(=O)c1c(-c2ccccc2)nc2ccc(C)nn12. The van der Waals surface area contributed by atoms with E-state index in [1.54, 1.807) is 11.4 Å². The lowest BCUT2D eigenvalue weighted by molar-refractivity contribution is 0.0517. The molecule has 5 nitrogen and oxygen atoms in total. The van der Waals surface area contributed by atoms with Gasteiger partial charge in [0.15, 0.2) is 11.3 Å². The van der Waals surface area contributed by atoms with Gasteiger partial charge in [0.05, 0.1) is 12.3 Å². The minimum atomic E-state index is -0.415. The molecule has 0 aliphatic heterocycles. The molecule has 0 N–H and O–H groups in total. The molecule has 2 heterocycles. The Balaban J connectivity index is 2.28. The van der Waals surface area contributed by atoms with Crippen molar-refractivity contribution in [2.24, 2.45) is 0 Å². The highest BCUT2D eigenvalue weighted by Gasteiger charge is 2.22. The molecule has 0 atom stereocenters. The first kappa shape index (κ1) is 13.3. The van der Waals surface area contributed by atoms with Crippen LogP contribution in [0.2, 0.25) is 0 Å². The average Bonchev–Trinajstić information content (AvgIpc) is 2.87. The molecule has 0 spiro atoms. The Kier molecular flexibility index (Phi) is 3.39. The van der Waals surface area contributed by atoms with Gasteiger partial charge in [0, 0.05) is 5.56 Å². The van der Waals surface area contributed by atoms with Crippen LogP contribution in [-0.2, 0) is 4.74 Å². The number of benzene rings is 1. The van der Waals surface area contributed by atoms with E-state index < -0.39 is 5.97 Å². The lowest BCUT2D eigenvalue weighted by Crippen LogP contribution is -2.11. The summed E-state index contributed by atoms with van der Waals surface area (Å²) < 4.78 is 6.71. The molecule has 0 saturated carbocycles. The fourth-order valence-corrected chi connectivity index (χ4v) is 2.20. The lowest BCUT2D eigenvalue weighted by atomic mass is 10.1. The van der Waals surface area contributed by atoms with Crippen LogP contribution in [0.4, 0.5) is 0 Å². The highest BCUT2D eigenvalue weighted by Crippen LogP contribution is 2.24. The Morgan fingerprint density at radius 2 is 1.95 bits per heavy atom. The van der Waals surface area contributed by atoms with Gasteiger partial charge in [0.2, 0.25) is 0 Å². The Morgan fingerprint density at radius 1 is 1.19 bits per heavy atom. The number of rotatable bonds is 3. The van der Waals surface area contributed by atoms with Crippen LogP contribution < -0.4 is 0 Å². The molecular weight excluding hydrogens is 266 g/mol. The number of nitrogens with zero attached hydrogens (tertiary/aromatic N) is 3. The van der Waals surface area contributed by atoms with E-state index in [0.717, 1.165) is 11.3 Å². The second kappa shape index (κ2) is 5.36. The highest BCUT2D eigenvalue weighted by molar-refractivity contribution is 5.95. The number of aromatic nitrogens is 3. The van der Waals surface area contributed by atoms with Crippen molar-refractivity contribution in [3.8, 4) is 11.3 Å². The number of ether oxygens (including phenoxy) is 1. The zero-order valence-electron chi connectivity index (χ0n) is 11.9. The van der Waals surface area contributed by atoms with Crippen LogP contribution in [0.5, 0.6) is 0 Å². The minimum absolute atomic E-state index is 0.312. The van der Waals surface area contributed by atoms with Crippen molar-refractivity contribution in [1.29, 1.82) is 0 Å². The van der Waals surface area contributed by atoms with Gasteiger partial charge in [-0.1, -0.05) is 30.3 Å². The van der Waals surface area contributed by atoms with Crippen LogP contribution in [0.3, 0.4) is 0 Å². The maximum Gasteiger partial charge on any atom is 0.359 e. The molecule has 0 radical (unpaired) electrons. The molecule has 0 saturated heterocycles. The average molecular weight is 281 g/mol. The molecule has 2 aromatic heterocycles. The normalized spacial score (nSPS) is 10.8. The number of esters is 1. The molecular formula is C16H15N3O2. The Hall–Kier alpha value is -2.69. The molecule has 0 fully saturated rings. The molecule has 3 aromatic rings. The summed E-state index contributed by atoms with van der Waals surface area (Å²) in [6, 6.07) is 13.3. The Bertz CT molecular complexity index is 794. The van der Waals surface area contributed by atoms with Crippen molar-refractivity contribution >= 4 is 11.6 Å². The number of imidazole rings is 1. The first-order valence-electron chi connectivity index (χ1n) is 6.79. The van der Waals surface area contributed by atoms with Gasteiger partial charge in [-0.25, -0.2) is 14.3 Å². The van der Waals surface area contributed by atoms with E-state index in [2.05, 4.69) is 10.1 Å². The fourth-order valence-electron chi connectivity index (χ4n) is 2.20. The Labute approximate surface area is 122 Å². The van der Waals surface area contributed by atoms with Crippen molar-refractivity contribution in [2.75, 3.05) is 6.61 Å². The number of fused-ring (bicyclic) bond motifs is 1. The van der Waals surface area contributed by atoms with Crippen LogP contribution in [0.25, 0.3) is 16.9 Å². The molecule has 0 aliphatic carbocycles. The van der Waals surface area contributed by atoms with Gasteiger partial charge in [-0.3, -0.25) is 0 Å². The second-order valence-corrected chi connectivity index (χ2v) is 4.64. The quantitative estimate of drug-likeness (QED) is 0.693. The summed E-state index contributed by atoms with van der Waals surface area (Å²) in [6.07, 6.45) is 0. The second-order valence-electron chi connectivity index (χ2n) is 4.64. The standard InChI is InChI=1S/C16H15N3O2/c1-3-21-16(20)15-14(12-7-5-4-6-8-12)17-13-10-9-11(2)18-19(13)15/h4-10H,3H2,1-2H3. The summed E-state index contributed by atoms with van der Waals surface area (Å²) in [7, 11) is 0. The van der Waals surface area contributed by atoms with E-state index >= 15 is 0 Å². The largest absolute Gasteiger partial charge is 0.461 e. The van der Waals surface area contributed by atoms with Gasteiger partial charge < -0.3 is 4.74 Å². The van der Waals surface area contributed by atoms with Gasteiger partial charge in [-0.05, 0) is 26.0 Å². The first-order valence-corrected chi connectivity index (χ1v) is 6.79. The van der Waals surface area contributed by atoms with E-state index in [1.165, 1.54) is 0 Å². The highest BCUT2D eigenvalue weighted by atomic mass is 16.5. The predicted molar refractivity (Wildman–Crippen MR) is 79.1 cm³/mol. The van der Waals surface area contributed by atoms with Crippen LogP contribution in [0.1, 0.15) is 23.1 Å². The van der Waals surface area contributed by atoms with Crippen molar-refractivity contribution in [1.82, 2.24) is 14.6 Å². The van der Waals surface area contributed by atoms with E-state index in [1.807, 2.05) is 49.4 Å². The summed E-state index contributed by atoms with van der Waals surface area (Å²) in [6.45, 7) is 3.96. The maximum atomic E-state index is 12.3. The van der Waals surface area contributed by atoms with E-state index in [9.17, 15) is 4.79 Å². The summed E-state index contributed by atoms with van der Waals surface area (Å²) in [4.78, 5) is 16.8. The van der Waals surface area contributed by atoms with E-state index in [0.29, 0.717) is 23.6 Å². The van der Waals surface area contributed by atoms with E-state index in [4.69, 9.17) is 4.74 Å². The summed E-state index contributed by atoms with van der Waals surface area (Å²) in [5, 5.41) is 4.38. The fraction of sp³-hybridized carbons (Fsp3) is 0.188. The van der Waals surface area contributed by atoms with E-state index in [-0.39, 0.29) is 0 Å². The van der Waals surface area contributed by atoms with Gasteiger partial charge in [-0.2, -0.15) is 5.10 Å². The number of carbonyl (C=O) groups is 1. The van der Waals surface area contributed by atoms with Crippen LogP contribution >= 0.6 is 0 Å². The number of hydrogen-bond acceptors (Lipinski definition) is 4. The molecule has 0 aliphatic rings. The molecule has 5 heteroatoms. The topological polar surface area (TPSA) is 56.5 Å². The zero-order valence-corrected chi connectivity index (χ0v) is 11.9. The first-order chi connectivity index (χ1) is 10.2. The molecule has 21 heavy (non-hydrogen) atoms. The molecule has 0 bridgehead atoms. The smallest absolute Gasteiger partial charge is 0.359 e. The monoisotopic (exact) mass is 281 g/mol. The van der Waals surface area contributed by atoms with Gasteiger partial charge in [0.1, 0.15) is 5.69 Å². The van der Waals surface area contributed by atoms with Crippen molar-refractivity contribution in [3.05, 3.63) is 53.9 Å². The van der Waals surface area contributed by atoms with Crippen LogP contribution in [0, 0.1) is 6.92 Å². The number of hydrogen-bond donors (Lipinski definition) is 0. The minimum Gasteiger partial charge on any atom is -0.461 e. The zero-order chi connectivity index (χ0) is 14.8. The molecule has 0 unspecified atom stereocenters. The third kappa shape index (κ3) is 2.38. The molecule has 106 valence electrons. The number of carbonyl (C=O) groups excluding carboxylic acids is 1. The van der Waals surface area contributed by atoms with Gasteiger partial charge in [-0.15, -0.1) is 0 Å². The summed E-state index contributed by atoms with van der Waals surface area (Å²) >= 11 is 0. The van der Waals surface area contributed by atoms with Crippen LogP contribution in [0.15, 0.2) is 42.5 Å². The van der Waals surface area contributed by atoms with Crippen molar-refractivity contribution in [3.63, 3.8) is 0 Å².